The van der Waals surface area contributed by atoms with Gasteiger partial charge in [0.25, 0.3) is 0 Å². The third-order valence-electron chi connectivity index (χ3n) is 5.45. The van der Waals surface area contributed by atoms with Crippen molar-refractivity contribution < 1.29 is 4.79 Å². The first kappa shape index (κ1) is 17.4. The molecule has 3 heterocycles. The number of likely N-dealkylation sites (tertiary alicyclic amines) is 1. The third-order valence-corrected chi connectivity index (χ3v) is 5.45. The average molecular weight is 334 g/mol. The van der Waals surface area contributed by atoms with Gasteiger partial charge in [0.05, 0.1) is 6.54 Å². The number of amides is 1. The van der Waals surface area contributed by atoms with Crippen molar-refractivity contribution in [1.82, 2.24) is 29.5 Å². The van der Waals surface area contributed by atoms with Crippen LogP contribution >= 0.6 is 0 Å². The molecular formula is C17H30N6O. The monoisotopic (exact) mass is 334 g/mol. The number of hydrogen-bond acceptors (Lipinski definition) is 5. The van der Waals surface area contributed by atoms with Crippen molar-refractivity contribution in [3.63, 3.8) is 0 Å². The molecule has 1 atom stereocenters. The summed E-state index contributed by atoms with van der Waals surface area (Å²) >= 11 is 0. The number of piperazine rings is 1. The first-order valence-electron chi connectivity index (χ1n) is 9.25. The minimum atomic E-state index is 0.338. The Balaban J connectivity index is 1.34. The van der Waals surface area contributed by atoms with Crippen LogP contribution in [0.5, 0.6) is 0 Å². The van der Waals surface area contributed by atoms with Gasteiger partial charge in [0.2, 0.25) is 5.91 Å². The predicted molar refractivity (Wildman–Crippen MR) is 92.5 cm³/mol. The van der Waals surface area contributed by atoms with E-state index in [0.29, 0.717) is 18.4 Å². The molecule has 2 fully saturated rings. The maximum absolute atomic E-state index is 12.5. The molecule has 7 nitrogen and oxygen atoms in total. The summed E-state index contributed by atoms with van der Waals surface area (Å²) in [5.74, 6) is 0.338. The first-order valence-corrected chi connectivity index (χ1v) is 9.25. The third kappa shape index (κ3) is 4.77. The van der Waals surface area contributed by atoms with Crippen molar-refractivity contribution in [2.75, 3.05) is 46.3 Å². The van der Waals surface area contributed by atoms with E-state index in [1.54, 1.807) is 12.7 Å². The average Bonchev–Trinajstić information content (AvgIpc) is 3.13. The molecular weight excluding hydrogens is 304 g/mol. The smallest absolute Gasteiger partial charge is 0.222 e. The fourth-order valence-corrected chi connectivity index (χ4v) is 3.77. The molecule has 0 bridgehead atoms. The summed E-state index contributed by atoms with van der Waals surface area (Å²) < 4.78 is 1.86. The molecule has 7 heteroatoms. The largest absolute Gasteiger partial charge is 0.340 e. The Hall–Kier alpha value is -1.47. The second-order valence-electron chi connectivity index (χ2n) is 7.05. The lowest BCUT2D eigenvalue weighted by Gasteiger charge is -2.36. The Bertz CT molecular complexity index is 497. The molecule has 1 aromatic rings. The van der Waals surface area contributed by atoms with Crippen molar-refractivity contribution in [3.05, 3.63) is 12.7 Å². The quantitative estimate of drug-likeness (QED) is 0.766. The molecule has 2 aliphatic rings. The fourth-order valence-electron chi connectivity index (χ4n) is 3.77. The molecule has 0 saturated carbocycles. The Morgan fingerprint density at radius 2 is 1.96 bits per heavy atom. The van der Waals surface area contributed by atoms with Crippen LogP contribution in [-0.4, -0.2) is 87.7 Å². The van der Waals surface area contributed by atoms with Gasteiger partial charge in [-0.1, -0.05) is 6.42 Å². The molecule has 3 rings (SSSR count). The van der Waals surface area contributed by atoms with Gasteiger partial charge in [0.1, 0.15) is 12.7 Å². The van der Waals surface area contributed by atoms with E-state index in [-0.39, 0.29) is 0 Å². The number of carbonyl (C=O) groups is 1. The van der Waals surface area contributed by atoms with Crippen LogP contribution in [0.15, 0.2) is 12.7 Å². The highest BCUT2D eigenvalue weighted by Gasteiger charge is 2.24. The van der Waals surface area contributed by atoms with Crippen LogP contribution in [0.3, 0.4) is 0 Å². The molecule has 0 aliphatic carbocycles. The molecule has 0 N–H and O–H groups in total. The predicted octanol–water partition coefficient (Wildman–Crippen LogP) is 0.687. The molecule has 24 heavy (non-hydrogen) atoms. The second kappa shape index (κ2) is 8.58. The zero-order valence-corrected chi connectivity index (χ0v) is 14.8. The zero-order valence-electron chi connectivity index (χ0n) is 14.8. The summed E-state index contributed by atoms with van der Waals surface area (Å²) in [6.45, 7) is 6.66. The summed E-state index contributed by atoms with van der Waals surface area (Å²) in [6, 6.07) is 0.603. The summed E-state index contributed by atoms with van der Waals surface area (Å²) in [5, 5.41) is 4.13. The van der Waals surface area contributed by atoms with E-state index in [1.807, 2.05) is 4.68 Å². The van der Waals surface area contributed by atoms with Crippen LogP contribution in [0.25, 0.3) is 0 Å². The number of aromatic nitrogens is 3. The van der Waals surface area contributed by atoms with Gasteiger partial charge in [-0.3, -0.25) is 14.4 Å². The van der Waals surface area contributed by atoms with Crippen molar-refractivity contribution in [2.45, 2.75) is 44.7 Å². The minimum absolute atomic E-state index is 0.338. The molecule has 2 aliphatic heterocycles. The van der Waals surface area contributed by atoms with Crippen LogP contribution in [0, 0.1) is 0 Å². The van der Waals surface area contributed by atoms with Crippen molar-refractivity contribution in [2.24, 2.45) is 0 Å². The summed E-state index contributed by atoms with van der Waals surface area (Å²) in [7, 11) is 2.20. The Morgan fingerprint density at radius 3 is 2.67 bits per heavy atom. The highest BCUT2D eigenvalue weighted by Crippen LogP contribution is 2.19. The van der Waals surface area contributed by atoms with E-state index in [0.717, 1.165) is 45.7 Å². The molecule has 0 aromatic carbocycles. The molecule has 1 aromatic heterocycles. The summed E-state index contributed by atoms with van der Waals surface area (Å²) in [5.41, 5.74) is 0. The minimum Gasteiger partial charge on any atom is -0.340 e. The molecule has 2 saturated heterocycles. The Labute approximate surface area is 144 Å². The van der Waals surface area contributed by atoms with Gasteiger partial charge < -0.3 is 9.80 Å². The van der Waals surface area contributed by atoms with Crippen LogP contribution in [0.2, 0.25) is 0 Å². The highest BCUT2D eigenvalue weighted by molar-refractivity contribution is 5.76. The number of hydrogen-bond donors (Lipinski definition) is 0. The highest BCUT2D eigenvalue weighted by atomic mass is 16.2. The van der Waals surface area contributed by atoms with Gasteiger partial charge in [0, 0.05) is 45.2 Å². The normalized spacial score (nSPS) is 23.5. The fraction of sp³-hybridized carbons (Fsp3) is 0.824. The molecule has 0 radical (unpaired) electrons. The Kier molecular flexibility index (Phi) is 6.20. The van der Waals surface area contributed by atoms with E-state index in [1.165, 1.54) is 25.8 Å². The van der Waals surface area contributed by atoms with E-state index in [2.05, 4.69) is 31.8 Å². The maximum Gasteiger partial charge on any atom is 0.222 e. The summed E-state index contributed by atoms with van der Waals surface area (Å²) in [4.78, 5) is 23.3. The van der Waals surface area contributed by atoms with Gasteiger partial charge in [0.15, 0.2) is 0 Å². The van der Waals surface area contributed by atoms with E-state index in [4.69, 9.17) is 0 Å². The van der Waals surface area contributed by atoms with Gasteiger partial charge in [-0.25, -0.2) is 4.98 Å². The molecule has 0 spiro atoms. The topological polar surface area (TPSA) is 57.5 Å². The lowest BCUT2D eigenvalue weighted by Crippen LogP contribution is -2.49. The van der Waals surface area contributed by atoms with Crippen molar-refractivity contribution >= 4 is 5.91 Å². The number of nitrogens with zero attached hydrogens (tertiary/aromatic N) is 6. The van der Waals surface area contributed by atoms with Gasteiger partial charge in [-0.2, -0.15) is 5.10 Å². The second-order valence-corrected chi connectivity index (χ2v) is 7.05. The van der Waals surface area contributed by atoms with Crippen molar-refractivity contribution in [3.8, 4) is 0 Å². The lowest BCUT2D eigenvalue weighted by atomic mass is 9.98. The van der Waals surface area contributed by atoms with Crippen molar-refractivity contribution in [1.29, 1.82) is 0 Å². The van der Waals surface area contributed by atoms with E-state index in [9.17, 15) is 4.79 Å². The Morgan fingerprint density at radius 1 is 1.12 bits per heavy atom. The van der Waals surface area contributed by atoms with E-state index < -0.39 is 0 Å². The number of piperidine rings is 1. The van der Waals surface area contributed by atoms with Crippen LogP contribution < -0.4 is 0 Å². The number of carbonyl (C=O) groups excluding carboxylic acids is 1. The van der Waals surface area contributed by atoms with Crippen LogP contribution in [-0.2, 0) is 11.3 Å². The first-order chi connectivity index (χ1) is 11.7. The van der Waals surface area contributed by atoms with E-state index >= 15 is 0 Å². The van der Waals surface area contributed by atoms with Gasteiger partial charge in [-0.15, -0.1) is 0 Å². The van der Waals surface area contributed by atoms with Gasteiger partial charge in [-0.05, 0) is 32.9 Å². The molecule has 1 unspecified atom stereocenters. The zero-order chi connectivity index (χ0) is 16.8. The number of rotatable bonds is 6. The molecule has 134 valence electrons. The van der Waals surface area contributed by atoms with Gasteiger partial charge >= 0.3 is 0 Å². The SMILES string of the molecule is CN1CCCCC1CCC(=O)N1CCN(CCn2cncn2)CC1. The summed E-state index contributed by atoms with van der Waals surface area (Å²) in [6.07, 6.45) is 8.91. The molecule has 1 amide bonds. The van der Waals surface area contributed by atoms with Crippen LogP contribution in [0.4, 0.5) is 0 Å². The van der Waals surface area contributed by atoms with Crippen LogP contribution in [0.1, 0.15) is 32.1 Å². The lowest BCUT2D eigenvalue weighted by molar-refractivity contribution is -0.133. The maximum atomic E-state index is 12.5. The standard InChI is InChI=1S/C17H30N6O/c1-20-7-3-2-4-16(20)5-6-17(24)22-11-8-21(9-12-22)10-13-23-15-18-14-19-23/h14-16H,2-13H2,1H3.